The Morgan fingerprint density at radius 3 is 2.48 bits per heavy atom. The summed E-state index contributed by atoms with van der Waals surface area (Å²) in [6, 6.07) is 6.52. The molecule has 3 aromatic rings. The van der Waals surface area contributed by atoms with Crippen molar-refractivity contribution in [2.75, 3.05) is 31.2 Å². The molecule has 1 saturated heterocycles. The molecule has 3 heterocycles. The second-order valence-electron chi connectivity index (χ2n) is 7.60. The quantitative estimate of drug-likeness (QED) is 0.563. The number of aromatic hydroxyl groups is 2. The Morgan fingerprint density at radius 1 is 1.13 bits per heavy atom. The number of primary amides is 1. The maximum absolute atomic E-state index is 12.0. The van der Waals surface area contributed by atoms with Crippen LogP contribution >= 0.6 is 0 Å². The molecule has 1 fully saturated rings. The average Bonchev–Trinajstić information content (AvgIpc) is 3.19. The number of phenolic OH excluding ortho intramolecular Hbond substituents is 2. The summed E-state index contributed by atoms with van der Waals surface area (Å²) in [5.41, 5.74) is 6.99. The van der Waals surface area contributed by atoms with Gasteiger partial charge in [-0.3, -0.25) is 9.36 Å². The predicted molar refractivity (Wildman–Crippen MR) is 114 cm³/mol. The number of hydrogen-bond acceptors (Lipinski definition) is 8. The van der Waals surface area contributed by atoms with E-state index >= 15 is 0 Å². The number of amides is 1. The number of aromatic nitrogens is 4. The van der Waals surface area contributed by atoms with Crippen molar-refractivity contribution in [3.63, 3.8) is 0 Å². The van der Waals surface area contributed by atoms with Crippen LogP contribution in [0.3, 0.4) is 0 Å². The Balaban J connectivity index is 1.81. The molecule has 2 aromatic heterocycles. The lowest BCUT2D eigenvalue weighted by Gasteiger charge is -2.27. The number of morpholine rings is 1. The molecule has 10 heteroatoms. The van der Waals surface area contributed by atoms with Gasteiger partial charge in [0.15, 0.2) is 5.82 Å². The van der Waals surface area contributed by atoms with E-state index in [9.17, 15) is 15.0 Å². The van der Waals surface area contributed by atoms with Crippen molar-refractivity contribution in [2.45, 2.75) is 19.8 Å². The smallest absolute Gasteiger partial charge is 0.287 e. The third kappa shape index (κ3) is 3.89. The van der Waals surface area contributed by atoms with Crippen LogP contribution in [-0.4, -0.2) is 62.2 Å². The van der Waals surface area contributed by atoms with Gasteiger partial charge in [0.25, 0.3) is 5.91 Å². The third-order valence-corrected chi connectivity index (χ3v) is 5.22. The lowest BCUT2D eigenvalue weighted by molar-refractivity contribution is 0.0988. The number of benzene rings is 1. The summed E-state index contributed by atoms with van der Waals surface area (Å²) in [6.45, 7) is 6.62. The molecule has 0 aliphatic carbocycles. The summed E-state index contributed by atoms with van der Waals surface area (Å²) in [4.78, 5) is 18.6. The van der Waals surface area contributed by atoms with Crippen molar-refractivity contribution < 1.29 is 19.7 Å². The monoisotopic (exact) mass is 424 g/mol. The molecule has 10 nitrogen and oxygen atoms in total. The molecule has 0 radical (unpaired) electrons. The molecule has 0 atom stereocenters. The van der Waals surface area contributed by atoms with Crippen LogP contribution in [0.4, 0.5) is 5.82 Å². The Hall–Kier alpha value is -3.66. The number of nitrogens with two attached hydrogens (primary N) is 1. The van der Waals surface area contributed by atoms with E-state index in [-0.39, 0.29) is 29.1 Å². The number of carbonyl (C=O) groups excluding carboxylic acids is 1. The maximum Gasteiger partial charge on any atom is 0.287 e. The van der Waals surface area contributed by atoms with E-state index in [1.54, 1.807) is 18.3 Å². The van der Waals surface area contributed by atoms with E-state index in [1.807, 2.05) is 19.9 Å². The Labute approximate surface area is 178 Å². The molecule has 0 unspecified atom stereocenters. The first-order valence-corrected chi connectivity index (χ1v) is 9.97. The Bertz CT molecular complexity index is 1100. The van der Waals surface area contributed by atoms with Gasteiger partial charge < -0.3 is 25.6 Å². The van der Waals surface area contributed by atoms with E-state index in [0.29, 0.717) is 30.0 Å². The SMILES string of the molecule is CC(C)c1cc(-c2nnc(C(N)=O)n2-c2ccc(N3CCOCC3)nc2)c(O)cc1O. The van der Waals surface area contributed by atoms with Crippen LogP contribution in [0.15, 0.2) is 30.5 Å². The summed E-state index contributed by atoms with van der Waals surface area (Å²) in [5.74, 6) is -0.0573. The highest BCUT2D eigenvalue weighted by molar-refractivity contribution is 5.90. The van der Waals surface area contributed by atoms with Crippen LogP contribution in [-0.2, 0) is 4.74 Å². The van der Waals surface area contributed by atoms with Gasteiger partial charge in [-0.2, -0.15) is 0 Å². The van der Waals surface area contributed by atoms with Crippen LogP contribution in [0.5, 0.6) is 11.5 Å². The molecule has 31 heavy (non-hydrogen) atoms. The highest BCUT2D eigenvalue weighted by Gasteiger charge is 2.23. The maximum atomic E-state index is 12.0. The molecule has 162 valence electrons. The third-order valence-electron chi connectivity index (χ3n) is 5.22. The molecule has 1 aromatic carbocycles. The van der Waals surface area contributed by atoms with Gasteiger partial charge in [-0.1, -0.05) is 13.8 Å². The molecule has 4 rings (SSSR count). The topological polar surface area (TPSA) is 140 Å². The number of rotatable bonds is 5. The van der Waals surface area contributed by atoms with Gasteiger partial charge in [-0.15, -0.1) is 10.2 Å². The Morgan fingerprint density at radius 2 is 1.87 bits per heavy atom. The van der Waals surface area contributed by atoms with Crippen molar-refractivity contribution in [1.82, 2.24) is 19.7 Å². The van der Waals surface area contributed by atoms with Crippen molar-refractivity contribution in [2.24, 2.45) is 5.73 Å². The first kappa shape index (κ1) is 20.6. The van der Waals surface area contributed by atoms with Gasteiger partial charge in [-0.05, 0) is 29.7 Å². The fraction of sp³-hybridized carbons (Fsp3) is 0.333. The van der Waals surface area contributed by atoms with Crippen LogP contribution in [0.2, 0.25) is 0 Å². The van der Waals surface area contributed by atoms with Crippen molar-refractivity contribution in [3.8, 4) is 28.6 Å². The van der Waals surface area contributed by atoms with E-state index in [1.165, 1.54) is 10.6 Å². The van der Waals surface area contributed by atoms with Gasteiger partial charge in [0.1, 0.15) is 17.3 Å². The molecular formula is C21H24N6O4. The molecule has 1 aliphatic rings. The molecule has 0 bridgehead atoms. The Kier molecular flexibility index (Phi) is 5.47. The molecule has 0 spiro atoms. The van der Waals surface area contributed by atoms with Crippen molar-refractivity contribution in [3.05, 3.63) is 41.9 Å². The number of carbonyl (C=O) groups is 1. The van der Waals surface area contributed by atoms with Gasteiger partial charge in [0.05, 0.1) is 30.7 Å². The highest BCUT2D eigenvalue weighted by atomic mass is 16.5. The fourth-order valence-electron chi connectivity index (χ4n) is 3.59. The van der Waals surface area contributed by atoms with Gasteiger partial charge in [0, 0.05) is 19.2 Å². The summed E-state index contributed by atoms with van der Waals surface area (Å²) in [6.07, 6.45) is 1.60. The molecule has 4 N–H and O–H groups in total. The predicted octanol–water partition coefficient (Wildman–Crippen LogP) is 1.80. The minimum absolute atomic E-state index is 0.000745. The van der Waals surface area contributed by atoms with E-state index in [2.05, 4.69) is 20.1 Å². The van der Waals surface area contributed by atoms with E-state index in [0.717, 1.165) is 18.9 Å². The summed E-state index contributed by atoms with van der Waals surface area (Å²) in [7, 11) is 0. The number of phenols is 2. The first-order valence-electron chi connectivity index (χ1n) is 9.97. The lowest BCUT2D eigenvalue weighted by Crippen LogP contribution is -2.36. The lowest BCUT2D eigenvalue weighted by atomic mass is 9.98. The standard InChI is InChI=1S/C21H24N6O4/c1-12(2)14-9-15(17(29)10-16(14)28)20-24-25-21(19(22)30)27(20)13-3-4-18(23-11-13)26-5-7-31-8-6-26/h3-4,9-12,28-29H,5-8H2,1-2H3,(H2,22,30). The number of hydrogen-bond donors (Lipinski definition) is 3. The van der Waals surface area contributed by atoms with Crippen molar-refractivity contribution >= 4 is 11.7 Å². The molecule has 1 aliphatic heterocycles. The summed E-state index contributed by atoms with van der Waals surface area (Å²) in [5, 5.41) is 28.7. The van der Waals surface area contributed by atoms with Gasteiger partial charge in [-0.25, -0.2) is 4.98 Å². The minimum Gasteiger partial charge on any atom is -0.508 e. The van der Waals surface area contributed by atoms with Crippen LogP contribution < -0.4 is 10.6 Å². The number of anilines is 1. The molecule has 1 amide bonds. The zero-order valence-corrected chi connectivity index (χ0v) is 17.3. The molecular weight excluding hydrogens is 400 g/mol. The number of ether oxygens (including phenoxy) is 1. The first-order chi connectivity index (χ1) is 14.9. The second kappa shape index (κ2) is 8.23. The van der Waals surface area contributed by atoms with Crippen LogP contribution in [0, 0.1) is 0 Å². The normalized spacial score (nSPS) is 14.2. The van der Waals surface area contributed by atoms with Gasteiger partial charge >= 0.3 is 0 Å². The van der Waals surface area contributed by atoms with Crippen molar-refractivity contribution in [1.29, 1.82) is 0 Å². The highest BCUT2D eigenvalue weighted by Crippen LogP contribution is 2.38. The minimum atomic E-state index is -0.765. The fourth-order valence-corrected chi connectivity index (χ4v) is 3.59. The van der Waals surface area contributed by atoms with E-state index < -0.39 is 5.91 Å². The van der Waals surface area contributed by atoms with Crippen LogP contribution in [0.25, 0.3) is 17.1 Å². The largest absolute Gasteiger partial charge is 0.508 e. The zero-order valence-electron chi connectivity index (χ0n) is 17.3. The summed E-state index contributed by atoms with van der Waals surface area (Å²) < 4.78 is 6.83. The van der Waals surface area contributed by atoms with Crippen LogP contribution in [0.1, 0.15) is 35.9 Å². The van der Waals surface area contributed by atoms with Gasteiger partial charge in [0.2, 0.25) is 5.82 Å². The van der Waals surface area contributed by atoms with E-state index in [4.69, 9.17) is 10.5 Å². The second-order valence-corrected chi connectivity index (χ2v) is 7.60. The average molecular weight is 424 g/mol. The molecule has 0 saturated carbocycles. The zero-order chi connectivity index (χ0) is 22.1. The number of nitrogens with zero attached hydrogens (tertiary/aromatic N) is 5. The number of pyridine rings is 1. The summed E-state index contributed by atoms with van der Waals surface area (Å²) >= 11 is 0.